The summed E-state index contributed by atoms with van der Waals surface area (Å²) in [5, 5.41) is 13.6. The summed E-state index contributed by atoms with van der Waals surface area (Å²) in [5.74, 6) is 1.34. The number of aliphatic hydroxyl groups is 1. The van der Waals surface area contributed by atoms with E-state index >= 15 is 0 Å². The van der Waals surface area contributed by atoms with Crippen molar-refractivity contribution < 1.29 is 18.7 Å². The lowest BCUT2D eigenvalue weighted by Crippen LogP contribution is -2.67. The van der Waals surface area contributed by atoms with Gasteiger partial charge in [0.2, 0.25) is 0 Å². The molecule has 4 rings (SSSR count). The normalized spacial score (nSPS) is 21.2. The number of ether oxygens (including phenoxy) is 1. The molecule has 0 saturated carbocycles. The van der Waals surface area contributed by atoms with Crippen molar-refractivity contribution in [3.8, 4) is 0 Å². The van der Waals surface area contributed by atoms with Crippen molar-refractivity contribution in [2.45, 2.75) is 70.3 Å². The van der Waals surface area contributed by atoms with E-state index in [4.69, 9.17) is 13.6 Å². The van der Waals surface area contributed by atoms with Crippen molar-refractivity contribution in [3.63, 3.8) is 0 Å². The molecule has 4 nitrogen and oxygen atoms in total. The van der Waals surface area contributed by atoms with Crippen LogP contribution in [-0.4, -0.2) is 32.2 Å². The van der Waals surface area contributed by atoms with Crippen LogP contribution in [0.25, 0.3) is 0 Å². The monoisotopic (exact) mass is 464 g/mol. The molecule has 0 amide bonds. The summed E-state index contributed by atoms with van der Waals surface area (Å²) in [5.41, 5.74) is -1.17. The fourth-order valence-corrected chi connectivity index (χ4v) is 9.68. The van der Waals surface area contributed by atoms with Crippen LogP contribution in [0.5, 0.6) is 0 Å². The second-order valence-corrected chi connectivity index (χ2v) is 14.7. The maximum atomic E-state index is 11.2. The van der Waals surface area contributed by atoms with Gasteiger partial charge in [0.1, 0.15) is 17.1 Å². The Kier molecular flexibility index (Phi) is 6.69. The molecule has 33 heavy (non-hydrogen) atoms. The van der Waals surface area contributed by atoms with Gasteiger partial charge in [0, 0.05) is 0 Å². The van der Waals surface area contributed by atoms with Crippen LogP contribution in [0.2, 0.25) is 5.04 Å². The zero-order chi connectivity index (χ0) is 23.7. The van der Waals surface area contributed by atoms with Crippen LogP contribution in [0.3, 0.4) is 0 Å². The van der Waals surface area contributed by atoms with Gasteiger partial charge in [0.15, 0.2) is 0 Å². The molecule has 0 aliphatic carbocycles. The minimum absolute atomic E-state index is 0.0702. The minimum atomic E-state index is -2.61. The van der Waals surface area contributed by atoms with Gasteiger partial charge in [-0.1, -0.05) is 81.4 Å². The minimum Gasteiger partial charge on any atom is -0.463 e. The van der Waals surface area contributed by atoms with Gasteiger partial charge in [-0.3, -0.25) is 0 Å². The molecule has 176 valence electrons. The average Bonchev–Trinajstić information content (AvgIpc) is 3.45. The molecule has 0 unspecified atom stereocenters. The fraction of sp³-hybridized carbons (Fsp3) is 0.429. The Labute approximate surface area is 198 Å². The summed E-state index contributed by atoms with van der Waals surface area (Å²) in [4.78, 5) is 0. The molecule has 2 aromatic carbocycles. The number of hydrogen-bond donors (Lipinski definition) is 1. The van der Waals surface area contributed by atoms with Crippen LogP contribution in [0.4, 0.5) is 0 Å². The molecule has 0 spiro atoms. The van der Waals surface area contributed by atoms with Crippen LogP contribution < -0.4 is 10.4 Å². The van der Waals surface area contributed by atoms with Gasteiger partial charge in [-0.05, 0) is 54.2 Å². The Morgan fingerprint density at radius 3 is 1.94 bits per heavy atom. The molecule has 1 aliphatic heterocycles. The SMILES string of the molecule is Cc1ccc([C@](C)(O)[C@H]2CC[C@@H](CO[Si](c3ccccc3)(c3ccccc3)C(C)(C)C)O2)o1. The zero-order valence-corrected chi connectivity index (χ0v) is 21.4. The zero-order valence-electron chi connectivity index (χ0n) is 20.4. The molecule has 3 atom stereocenters. The molecule has 1 fully saturated rings. The van der Waals surface area contributed by atoms with Crippen molar-refractivity contribution in [2.24, 2.45) is 0 Å². The first-order chi connectivity index (χ1) is 15.6. The lowest BCUT2D eigenvalue weighted by atomic mass is 9.94. The molecule has 1 aliphatic rings. The lowest BCUT2D eigenvalue weighted by Gasteiger charge is -2.43. The van der Waals surface area contributed by atoms with Crippen molar-refractivity contribution in [1.29, 1.82) is 0 Å². The second kappa shape index (κ2) is 9.22. The number of rotatable bonds is 7. The van der Waals surface area contributed by atoms with Gasteiger partial charge in [-0.15, -0.1) is 0 Å². The summed E-state index contributed by atoms with van der Waals surface area (Å²) >= 11 is 0. The highest BCUT2D eigenvalue weighted by molar-refractivity contribution is 6.99. The number of hydrogen-bond acceptors (Lipinski definition) is 4. The average molecular weight is 465 g/mol. The Balaban J connectivity index is 1.58. The van der Waals surface area contributed by atoms with E-state index in [2.05, 4.69) is 81.4 Å². The largest absolute Gasteiger partial charge is 0.463 e. The molecule has 5 heteroatoms. The van der Waals surface area contributed by atoms with E-state index in [-0.39, 0.29) is 17.2 Å². The highest BCUT2D eigenvalue weighted by Crippen LogP contribution is 2.39. The third-order valence-corrected chi connectivity index (χ3v) is 11.9. The highest BCUT2D eigenvalue weighted by Gasteiger charge is 2.51. The summed E-state index contributed by atoms with van der Waals surface area (Å²) < 4.78 is 19.1. The van der Waals surface area contributed by atoms with E-state index in [0.717, 1.165) is 18.6 Å². The van der Waals surface area contributed by atoms with Crippen molar-refractivity contribution in [3.05, 3.63) is 84.3 Å². The van der Waals surface area contributed by atoms with Gasteiger partial charge in [-0.25, -0.2) is 0 Å². The molecule has 1 N–H and O–H groups in total. The van der Waals surface area contributed by atoms with E-state index in [9.17, 15) is 5.11 Å². The van der Waals surface area contributed by atoms with E-state index in [0.29, 0.717) is 12.4 Å². The van der Waals surface area contributed by atoms with E-state index in [1.807, 2.05) is 19.1 Å². The summed E-state index contributed by atoms with van der Waals surface area (Å²) in [6, 6.07) is 25.0. The molecule has 3 aromatic rings. The van der Waals surface area contributed by atoms with Crippen LogP contribution in [0.1, 0.15) is 52.1 Å². The number of benzene rings is 2. The van der Waals surface area contributed by atoms with Crippen LogP contribution in [0, 0.1) is 6.92 Å². The van der Waals surface area contributed by atoms with Crippen LogP contribution in [0.15, 0.2) is 77.2 Å². The topological polar surface area (TPSA) is 51.8 Å². The Morgan fingerprint density at radius 2 is 1.45 bits per heavy atom. The molecule has 0 bridgehead atoms. The van der Waals surface area contributed by atoms with Crippen molar-refractivity contribution >= 4 is 18.7 Å². The molecular weight excluding hydrogens is 428 g/mol. The number of aryl methyl sites for hydroxylation is 1. The number of furan rings is 1. The third-order valence-electron chi connectivity index (χ3n) is 6.88. The van der Waals surface area contributed by atoms with E-state index in [1.165, 1.54) is 10.4 Å². The van der Waals surface area contributed by atoms with Crippen molar-refractivity contribution in [2.75, 3.05) is 6.61 Å². The second-order valence-electron chi connectivity index (χ2n) is 10.4. The summed E-state index contributed by atoms with van der Waals surface area (Å²) in [6.07, 6.45) is 1.22. The maximum Gasteiger partial charge on any atom is 0.261 e. The highest BCUT2D eigenvalue weighted by atomic mass is 28.4. The smallest absolute Gasteiger partial charge is 0.261 e. The molecule has 1 aromatic heterocycles. The lowest BCUT2D eigenvalue weighted by molar-refractivity contribution is -0.114. The Bertz CT molecular complexity index is 997. The fourth-order valence-electron chi connectivity index (χ4n) is 5.09. The summed E-state index contributed by atoms with van der Waals surface area (Å²) in [6.45, 7) is 11.0. The Hall–Kier alpha value is -2.18. The summed E-state index contributed by atoms with van der Waals surface area (Å²) in [7, 11) is -2.61. The van der Waals surface area contributed by atoms with E-state index in [1.54, 1.807) is 6.92 Å². The van der Waals surface area contributed by atoms with Gasteiger partial charge in [-0.2, -0.15) is 0 Å². The molecule has 0 radical (unpaired) electrons. The first-order valence-corrected chi connectivity index (χ1v) is 13.7. The van der Waals surface area contributed by atoms with Gasteiger partial charge < -0.3 is 18.7 Å². The quantitative estimate of drug-likeness (QED) is 0.504. The van der Waals surface area contributed by atoms with Crippen LogP contribution >= 0.6 is 0 Å². The molecule has 2 heterocycles. The van der Waals surface area contributed by atoms with Gasteiger partial charge in [0.25, 0.3) is 8.32 Å². The van der Waals surface area contributed by atoms with Gasteiger partial charge in [0.05, 0.1) is 18.8 Å². The predicted octanol–water partition coefficient (Wildman–Crippen LogP) is 4.92. The molecule has 1 saturated heterocycles. The first-order valence-electron chi connectivity index (χ1n) is 11.8. The Morgan fingerprint density at radius 1 is 0.879 bits per heavy atom. The standard InChI is InChI=1S/C28H36O4Si/c1-21-16-18-25(31-21)28(5,29)26-19-17-22(32-26)20-30-33(27(2,3)4,23-12-8-6-9-13-23)24-14-10-7-11-15-24/h6-16,18,22,26,29H,17,19-20H2,1-5H3/t22-,26+,28-/m0/s1. The van der Waals surface area contributed by atoms with Crippen LogP contribution in [-0.2, 0) is 14.8 Å². The predicted molar refractivity (Wildman–Crippen MR) is 134 cm³/mol. The first kappa shape index (κ1) is 24.0. The van der Waals surface area contributed by atoms with E-state index < -0.39 is 13.9 Å². The van der Waals surface area contributed by atoms with Gasteiger partial charge >= 0.3 is 0 Å². The maximum absolute atomic E-state index is 11.2. The van der Waals surface area contributed by atoms with Crippen molar-refractivity contribution in [1.82, 2.24) is 0 Å². The third kappa shape index (κ3) is 4.60. The molecular formula is C28H36O4Si.